The van der Waals surface area contributed by atoms with Gasteiger partial charge in [0.2, 0.25) is 0 Å². The number of nitrogens with zero attached hydrogens (tertiary/aromatic N) is 1. The van der Waals surface area contributed by atoms with Crippen LogP contribution in [-0.4, -0.2) is 37.1 Å². The number of hydrogen-bond donors (Lipinski definition) is 0. The van der Waals surface area contributed by atoms with Crippen LogP contribution in [0.1, 0.15) is 20.8 Å². The predicted octanol–water partition coefficient (Wildman–Crippen LogP) is 2.41. The smallest absolute Gasteiger partial charge is 0.110 e. The second kappa shape index (κ2) is 8.65. The summed E-state index contributed by atoms with van der Waals surface area (Å²) in [5.41, 5.74) is 0. The molecule has 0 fully saturated rings. The Hall–Kier alpha value is -0.640. The normalized spacial score (nSPS) is 14.9. The van der Waals surface area contributed by atoms with E-state index in [9.17, 15) is 0 Å². The first-order valence-corrected chi connectivity index (χ1v) is 5.38. The molecule has 3 heteroatoms. The van der Waals surface area contributed by atoms with Crippen LogP contribution in [0.25, 0.3) is 0 Å². The number of ether oxygens (including phenoxy) is 2. The van der Waals surface area contributed by atoms with Crippen LogP contribution in [0.3, 0.4) is 0 Å². The Bertz CT molecular complexity index is 164. The lowest BCUT2D eigenvalue weighted by Crippen LogP contribution is -2.43. The van der Waals surface area contributed by atoms with Gasteiger partial charge in [0.1, 0.15) is 12.5 Å². The van der Waals surface area contributed by atoms with Crippen molar-refractivity contribution in [1.82, 2.24) is 4.90 Å². The van der Waals surface area contributed by atoms with Gasteiger partial charge < -0.3 is 9.47 Å². The summed E-state index contributed by atoms with van der Waals surface area (Å²) >= 11 is 0. The van der Waals surface area contributed by atoms with E-state index in [2.05, 4.69) is 25.0 Å². The molecule has 0 aromatic carbocycles. The molecule has 2 unspecified atom stereocenters. The average Bonchev–Trinajstić information content (AvgIpc) is 2.24. The highest BCUT2D eigenvalue weighted by molar-refractivity contribution is 4.69. The Labute approximate surface area is 93.4 Å². The molecule has 0 bridgehead atoms. The Morgan fingerprint density at radius 1 is 1.07 bits per heavy atom. The van der Waals surface area contributed by atoms with Gasteiger partial charge in [-0.05, 0) is 13.8 Å². The van der Waals surface area contributed by atoms with Crippen molar-refractivity contribution in [3.8, 4) is 0 Å². The predicted molar refractivity (Wildman–Crippen MR) is 63.6 cm³/mol. The molecule has 0 aromatic heterocycles. The summed E-state index contributed by atoms with van der Waals surface area (Å²) in [7, 11) is 0. The SMILES string of the molecule is C=CCOC(C)N(CC)C(C)OCC=C. The molecule has 2 atom stereocenters. The molecular formula is C12H23NO2. The molecule has 0 saturated carbocycles. The third-order valence-electron chi connectivity index (χ3n) is 2.21. The van der Waals surface area contributed by atoms with E-state index in [1.54, 1.807) is 12.2 Å². The third kappa shape index (κ3) is 5.72. The summed E-state index contributed by atoms with van der Waals surface area (Å²) in [5.74, 6) is 0. The van der Waals surface area contributed by atoms with E-state index in [-0.39, 0.29) is 12.5 Å². The minimum Gasteiger partial charge on any atom is -0.359 e. The zero-order valence-corrected chi connectivity index (χ0v) is 10.1. The van der Waals surface area contributed by atoms with E-state index in [1.165, 1.54) is 0 Å². The molecule has 0 amide bonds. The molecular weight excluding hydrogens is 190 g/mol. The highest BCUT2D eigenvalue weighted by Crippen LogP contribution is 2.08. The van der Waals surface area contributed by atoms with E-state index in [0.717, 1.165) is 6.54 Å². The first kappa shape index (κ1) is 14.4. The summed E-state index contributed by atoms with van der Waals surface area (Å²) in [6, 6.07) is 0. The molecule has 0 rings (SSSR count). The van der Waals surface area contributed by atoms with E-state index in [0.29, 0.717) is 13.2 Å². The summed E-state index contributed by atoms with van der Waals surface area (Å²) in [5, 5.41) is 0. The fourth-order valence-electron chi connectivity index (χ4n) is 1.42. The van der Waals surface area contributed by atoms with E-state index >= 15 is 0 Å². The zero-order valence-electron chi connectivity index (χ0n) is 10.1. The standard InChI is InChI=1S/C12H23NO2/c1-6-9-14-11(4)13(8-3)12(5)15-10-7-2/h6-7,11-12H,1-2,8-10H2,3-5H3. The average molecular weight is 213 g/mol. The molecule has 15 heavy (non-hydrogen) atoms. The maximum absolute atomic E-state index is 5.55. The maximum Gasteiger partial charge on any atom is 0.110 e. The Morgan fingerprint density at radius 2 is 1.47 bits per heavy atom. The van der Waals surface area contributed by atoms with Gasteiger partial charge in [0, 0.05) is 6.54 Å². The molecule has 0 saturated heterocycles. The van der Waals surface area contributed by atoms with Crippen LogP contribution in [0.4, 0.5) is 0 Å². The molecule has 0 aromatic rings. The van der Waals surface area contributed by atoms with Gasteiger partial charge in [-0.15, -0.1) is 13.2 Å². The minimum absolute atomic E-state index is 0.0350. The lowest BCUT2D eigenvalue weighted by Gasteiger charge is -2.32. The Morgan fingerprint density at radius 3 is 1.73 bits per heavy atom. The van der Waals surface area contributed by atoms with Crippen molar-refractivity contribution in [1.29, 1.82) is 0 Å². The van der Waals surface area contributed by atoms with Gasteiger partial charge in [-0.3, -0.25) is 4.90 Å². The lowest BCUT2D eigenvalue weighted by molar-refractivity contribution is -0.128. The highest BCUT2D eigenvalue weighted by Gasteiger charge is 2.18. The van der Waals surface area contributed by atoms with E-state index < -0.39 is 0 Å². The van der Waals surface area contributed by atoms with Gasteiger partial charge in [-0.25, -0.2) is 0 Å². The molecule has 0 N–H and O–H groups in total. The Kier molecular flexibility index (Phi) is 8.28. The molecule has 0 aliphatic rings. The fourth-order valence-corrected chi connectivity index (χ4v) is 1.42. The summed E-state index contributed by atoms with van der Waals surface area (Å²) < 4.78 is 11.1. The summed E-state index contributed by atoms with van der Waals surface area (Å²) in [6.45, 7) is 15.4. The van der Waals surface area contributed by atoms with Gasteiger partial charge in [0.25, 0.3) is 0 Å². The van der Waals surface area contributed by atoms with Crippen molar-refractivity contribution >= 4 is 0 Å². The van der Waals surface area contributed by atoms with E-state index in [4.69, 9.17) is 9.47 Å². The molecule has 88 valence electrons. The minimum atomic E-state index is 0.0350. The summed E-state index contributed by atoms with van der Waals surface area (Å²) in [6.07, 6.45) is 3.57. The van der Waals surface area contributed by atoms with Crippen LogP contribution in [-0.2, 0) is 9.47 Å². The third-order valence-corrected chi connectivity index (χ3v) is 2.21. The van der Waals surface area contributed by atoms with Crippen LogP contribution < -0.4 is 0 Å². The molecule has 0 spiro atoms. The van der Waals surface area contributed by atoms with Crippen LogP contribution in [0, 0.1) is 0 Å². The van der Waals surface area contributed by atoms with Crippen molar-refractivity contribution in [2.45, 2.75) is 33.2 Å². The van der Waals surface area contributed by atoms with Crippen molar-refractivity contribution < 1.29 is 9.47 Å². The largest absolute Gasteiger partial charge is 0.359 e. The van der Waals surface area contributed by atoms with Gasteiger partial charge in [0.05, 0.1) is 13.2 Å². The van der Waals surface area contributed by atoms with Crippen LogP contribution in [0.2, 0.25) is 0 Å². The maximum atomic E-state index is 5.55. The molecule has 3 nitrogen and oxygen atoms in total. The first-order valence-electron chi connectivity index (χ1n) is 5.38. The van der Waals surface area contributed by atoms with Crippen molar-refractivity contribution in [2.75, 3.05) is 19.8 Å². The van der Waals surface area contributed by atoms with Gasteiger partial charge in [-0.1, -0.05) is 19.1 Å². The van der Waals surface area contributed by atoms with Crippen molar-refractivity contribution in [2.24, 2.45) is 0 Å². The monoisotopic (exact) mass is 213 g/mol. The highest BCUT2D eigenvalue weighted by atomic mass is 16.5. The van der Waals surface area contributed by atoms with E-state index in [1.807, 2.05) is 13.8 Å². The van der Waals surface area contributed by atoms with Crippen molar-refractivity contribution in [3.05, 3.63) is 25.3 Å². The summed E-state index contributed by atoms with van der Waals surface area (Å²) in [4.78, 5) is 2.13. The number of hydrogen-bond acceptors (Lipinski definition) is 3. The lowest BCUT2D eigenvalue weighted by atomic mass is 10.4. The molecule has 0 aliphatic carbocycles. The molecule has 0 radical (unpaired) electrons. The topological polar surface area (TPSA) is 21.7 Å². The quantitative estimate of drug-likeness (QED) is 0.433. The first-order chi connectivity index (χ1) is 7.17. The van der Waals surface area contributed by atoms with Crippen LogP contribution in [0.5, 0.6) is 0 Å². The fraction of sp³-hybridized carbons (Fsp3) is 0.667. The number of rotatable bonds is 9. The molecule has 0 aliphatic heterocycles. The van der Waals surface area contributed by atoms with Gasteiger partial charge in [-0.2, -0.15) is 0 Å². The van der Waals surface area contributed by atoms with Crippen molar-refractivity contribution in [3.63, 3.8) is 0 Å². The van der Waals surface area contributed by atoms with Gasteiger partial charge in [0.15, 0.2) is 0 Å². The molecule has 0 heterocycles. The van der Waals surface area contributed by atoms with Crippen LogP contribution >= 0.6 is 0 Å². The Balaban J connectivity index is 4.06. The zero-order chi connectivity index (χ0) is 11.7. The second-order valence-corrected chi connectivity index (χ2v) is 3.27. The second-order valence-electron chi connectivity index (χ2n) is 3.27. The van der Waals surface area contributed by atoms with Crippen LogP contribution in [0.15, 0.2) is 25.3 Å². The van der Waals surface area contributed by atoms with Gasteiger partial charge >= 0.3 is 0 Å².